The number of amides is 1. The predicted molar refractivity (Wildman–Crippen MR) is 112 cm³/mol. The topological polar surface area (TPSA) is 58.1 Å². The second-order valence-corrected chi connectivity index (χ2v) is 8.79. The Balaban J connectivity index is 1.77. The van der Waals surface area contributed by atoms with Crippen LogP contribution in [0.3, 0.4) is 0 Å². The number of anilines is 2. The lowest BCUT2D eigenvalue weighted by atomic mass is 10.00. The van der Waals surface area contributed by atoms with Crippen molar-refractivity contribution < 1.29 is 9.18 Å². The molecular weight excluding hydrogens is 399 g/mol. The molecule has 4 rings (SSSR count). The van der Waals surface area contributed by atoms with Gasteiger partial charge in [0.25, 0.3) is 5.91 Å². The van der Waals surface area contributed by atoms with Gasteiger partial charge in [0.15, 0.2) is 0 Å². The Morgan fingerprint density at radius 3 is 3.00 bits per heavy atom. The molecule has 1 amide bonds. The van der Waals surface area contributed by atoms with Crippen molar-refractivity contribution in [1.29, 1.82) is 0 Å². The van der Waals surface area contributed by atoms with Crippen LogP contribution in [0.15, 0.2) is 24.5 Å². The van der Waals surface area contributed by atoms with Crippen LogP contribution in [0.5, 0.6) is 0 Å². The number of carbonyl (C=O) groups excluding carboxylic acids is 1. The third kappa shape index (κ3) is 3.56. The lowest BCUT2D eigenvalue weighted by Crippen LogP contribution is -2.35. The number of benzene rings is 1. The summed E-state index contributed by atoms with van der Waals surface area (Å²) in [6, 6.07) is 3.90. The third-order valence-electron chi connectivity index (χ3n) is 5.00. The summed E-state index contributed by atoms with van der Waals surface area (Å²) in [5, 5.41) is 3.79. The molecule has 1 aliphatic rings. The maximum Gasteiger partial charge on any atom is 0.257 e. The monoisotopic (exact) mass is 418 g/mol. The first-order valence-corrected chi connectivity index (χ1v) is 10.4. The molecule has 0 spiro atoms. The second-order valence-electron chi connectivity index (χ2n) is 7.18. The maximum absolute atomic E-state index is 13.6. The van der Waals surface area contributed by atoms with Gasteiger partial charge in [0.2, 0.25) is 0 Å². The number of rotatable bonds is 3. The van der Waals surface area contributed by atoms with Crippen molar-refractivity contribution in [3.05, 3.63) is 45.8 Å². The van der Waals surface area contributed by atoms with Crippen LogP contribution in [0.2, 0.25) is 5.02 Å². The van der Waals surface area contributed by atoms with Gasteiger partial charge in [0.1, 0.15) is 22.8 Å². The van der Waals surface area contributed by atoms with Crippen LogP contribution in [0.25, 0.3) is 10.2 Å². The zero-order valence-corrected chi connectivity index (χ0v) is 17.2. The summed E-state index contributed by atoms with van der Waals surface area (Å²) in [5.74, 6) is 0.563. The first-order chi connectivity index (χ1) is 13.4. The van der Waals surface area contributed by atoms with Crippen LogP contribution in [0.4, 0.5) is 15.9 Å². The largest absolute Gasteiger partial charge is 0.356 e. The first kappa shape index (κ1) is 19.1. The van der Waals surface area contributed by atoms with Crippen molar-refractivity contribution in [2.24, 2.45) is 5.92 Å². The van der Waals surface area contributed by atoms with Gasteiger partial charge >= 0.3 is 0 Å². The van der Waals surface area contributed by atoms with E-state index in [-0.39, 0.29) is 16.6 Å². The molecule has 0 radical (unpaired) electrons. The molecule has 3 aromatic rings. The van der Waals surface area contributed by atoms with Crippen molar-refractivity contribution in [2.45, 2.75) is 26.7 Å². The highest BCUT2D eigenvalue weighted by atomic mass is 35.5. The second kappa shape index (κ2) is 7.64. The van der Waals surface area contributed by atoms with E-state index in [9.17, 15) is 9.18 Å². The average Bonchev–Trinajstić information content (AvgIpc) is 3.00. The molecule has 3 heterocycles. The highest BCUT2D eigenvalue weighted by molar-refractivity contribution is 7.19. The van der Waals surface area contributed by atoms with Gasteiger partial charge in [-0.1, -0.05) is 18.5 Å². The summed E-state index contributed by atoms with van der Waals surface area (Å²) < 4.78 is 13.6. The van der Waals surface area contributed by atoms with E-state index >= 15 is 0 Å². The standard InChI is InChI=1S/C20H20ClFN4OS/c1-11-4-3-7-26(9-11)18-17-16(12(2)28-20(17)24-10-23-18)19(27)25-15-8-13(22)5-6-14(15)21/h5-6,8,10-11H,3-4,7,9H2,1-2H3,(H,25,27)/t11-/m1/s1. The van der Waals surface area contributed by atoms with Crippen LogP contribution in [0, 0.1) is 18.7 Å². The summed E-state index contributed by atoms with van der Waals surface area (Å²) in [5.41, 5.74) is 0.768. The van der Waals surface area contributed by atoms with Crippen molar-refractivity contribution in [1.82, 2.24) is 9.97 Å². The van der Waals surface area contributed by atoms with Crippen molar-refractivity contribution >= 4 is 50.6 Å². The number of nitrogens with one attached hydrogen (secondary N) is 1. The molecular formula is C20H20ClFN4OS. The Kier molecular flexibility index (Phi) is 5.21. The highest BCUT2D eigenvalue weighted by Gasteiger charge is 2.26. The maximum atomic E-state index is 13.6. The average molecular weight is 419 g/mol. The normalized spacial score (nSPS) is 17.1. The molecule has 1 N–H and O–H groups in total. The fourth-order valence-corrected chi connectivity index (χ4v) is 4.85. The number of hydrogen-bond acceptors (Lipinski definition) is 5. The summed E-state index contributed by atoms with van der Waals surface area (Å²) in [6.07, 6.45) is 3.84. The van der Waals surface area contributed by atoms with Gasteiger partial charge in [-0.25, -0.2) is 14.4 Å². The number of halogens is 2. The molecule has 0 aliphatic carbocycles. The van der Waals surface area contributed by atoms with Gasteiger partial charge in [0.05, 0.1) is 21.7 Å². The van der Waals surface area contributed by atoms with E-state index in [2.05, 4.69) is 27.1 Å². The number of nitrogens with zero attached hydrogens (tertiary/aromatic N) is 3. The SMILES string of the molecule is Cc1sc2ncnc(N3CCC[C@@H](C)C3)c2c1C(=O)Nc1cc(F)ccc1Cl. The predicted octanol–water partition coefficient (Wildman–Crippen LogP) is 5.28. The Bertz CT molecular complexity index is 1050. The number of aromatic nitrogens is 2. The van der Waals surface area contributed by atoms with Gasteiger partial charge < -0.3 is 10.2 Å². The molecule has 1 fully saturated rings. The summed E-state index contributed by atoms with van der Waals surface area (Å²) >= 11 is 7.58. The molecule has 8 heteroatoms. The minimum absolute atomic E-state index is 0.246. The van der Waals surface area contributed by atoms with Crippen molar-refractivity contribution in [2.75, 3.05) is 23.3 Å². The number of carbonyl (C=O) groups is 1. The minimum atomic E-state index is -0.460. The van der Waals surface area contributed by atoms with Gasteiger partial charge in [-0.2, -0.15) is 0 Å². The van der Waals surface area contributed by atoms with E-state index in [0.29, 0.717) is 11.5 Å². The van der Waals surface area contributed by atoms with Gasteiger partial charge in [-0.05, 0) is 43.9 Å². The van der Waals surface area contributed by atoms with E-state index in [4.69, 9.17) is 11.6 Å². The summed E-state index contributed by atoms with van der Waals surface area (Å²) in [6.45, 7) is 5.92. The van der Waals surface area contributed by atoms with E-state index in [1.54, 1.807) is 6.33 Å². The molecule has 1 aromatic carbocycles. The van der Waals surface area contributed by atoms with Crippen LogP contribution < -0.4 is 10.2 Å². The molecule has 0 unspecified atom stereocenters. The lowest BCUT2D eigenvalue weighted by Gasteiger charge is -2.32. The molecule has 28 heavy (non-hydrogen) atoms. The Morgan fingerprint density at radius 2 is 2.21 bits per heavy atom. The van der Waals surface area contributed by atoms with Gasteiger partial charge in [-0.15, -0.1) is 11.3 Å². The van der Waals surface area contributed by atoms with Gasteiger partial charge in [-0.3, -0.25) is 4.79 Å². The van der Waals surface area contributed by atoms with E-state index < -0.39 is 5.82 Å². The summed E-state index contributed by atoms with van der Waals surface area (Å²) in [4.78, 5) is 25.8. The van der Waals surface area contributed by atoms with E-state index in [1.165, 1.54) is 36.0 Å². The quantitative estimate of drug-likeness (QED) is 0.628. The van der Waals surface area contributed by atoms with Crippen LogP contribution in [-0.4, -0.2) is 29.0 Å². The Hall–Kier alpha value is -2.25. The van der Waals surface area contributed by atoms with Gasteiger partial charge in [0, 0.05) is 18.0 Å². The zero-order chi connectivity index (χ0) is 19.8. The molecule has 1 atom stereocenters. The smallest absolute Gasteiger partial charge is 0.257 e. The van der Waals surface area contributed by atoms with Crippen molar-refractivity contribution in [3.63, 3.8) is 0 Å². The molecule has 0 saturated carbocycles. The number of aryl methyl sites for hydroxylation is 1. The fraction of sp³-hybridized carbons (Fsp3) is 0.350. The number of thiophene rings is 1. The number of fused-ring (bicyclic) bond motifs is 1. The Morgan fingerprint density at radius 1 is 1.39 bits per heavy atom. The molecule has 5 nitrogen and oxygen atoms in total. The first-order valence-electron chi connectivity index (χ1n) is 9.19. The number of piperidine rings is 1. The molecule has 2 aromatic heterocycles. The lowest BCUT2D eigenvalue weighted by molar-refractivity contribution is 0.102. The van der Waals surface area contributed by atoms with Crippen LogP contribution in [-0.2, 0) is 0 Å². The Labute approximate surface area is 171 Å². The van der Waals surface area contributed by atoms with Crippen molar-refractivity contribution in [3.8, 4) is 0 Å². The minimum Gasteiger partial charge on any atom is -0.356 e. The molecule has 0 bridgehead atoms. The summed E-state index contributed by atoms with van der Waals surface area (Å²) in [7, 11) is 0. The zero-order valence-electron chi connectivity index (χ0n) is 15.6. The highest BCUT2D eigenvalue weighted by Crippen LogP contribution is 2.37. The third-order valence-corrected chi connectivity index (χ3v) is 6.35. The molecule has 146 valence electrons. The molecule has 1 saturated heterocycles. The van der Waals surface area contributed by atoms with E-state index in [0.717, 1.165) is 40.4 Å². The van der Waals surface area contributed by atoms with E-state index in [1.807, 2.05) is 6.92 Å². The molecule has 1 aliphatic heterocycles. The van der Waals surface area contributed by atoms with Crippen LogP contribution in [0.1, 0.15) is 35.0 Å². The number of hydrogen-bond donors (Lipinski definition) is 1. The van der Waals surface area contributed by atoms with Crippen LogP contribution >= 0.6 is 22.9 Å². The fourth-order valence-electron chi connectivity index (χ4n) is 3.70.